The van der Waals surface area contributed by atoms with Crippen molar-refractivity contribution in [1.29, 1.82) is 0 Å². The van der Waals surface area contributed by atoms with Gasteiger partial charge < -0.3 is 9.84 Å². The number of aromatic nitrogens is 2. The molecule has 0 bridgehead atoms. The number of hydrogen-bond donors (Lipinski definition) is 1. The lowest BCUT2D eigenvalue weighted by Gasteiger charge is -1.99. The molecule has 0 unspecified atom stereocenters. The summed E-state index contributed by atoms with van der Waals surface area (Å²) in [4.78, 5) is 10.5. The Labute approximate surface area is 72.9 Å². The van der Waals surface area contributed by atoms with Crippen LogP contribution in [0.25, 0.3) is 0 Å². The first kappa shape index (κ1) is 8.73. The Balaban J connectivity index is 3.17. The number of hydrogen-bond acceptors (Lipinski definition) is 4. The van der Waals surface area contributed by atoms with Crippen molar-refractivity contribution in [3.05, 3.63) is 16.8 Å². The number of carboxylic acid groups (broad SMARTS) is 1. The molecular formula is C6H5ClN2O3. The molecule has 0 aliphatic rings. The molecule has 0 spiro atoms. The average molecular weight is 189 g/mol. The summed E-state index contributed by atoms with van der Waals surface area (Å²) in [6, 6.07) is 1.21. The van der Waals surface area contributed by atoms with Crippen molar-refractivity contribution in [3.63, 3.8) is 0 Å². The normalized spacial score (nSPS) is 9.50. The van der Waals surface area contributed by atoms with Crippen LogP contribution in [0, 0.1) is 0 Å². The molecule has 1 rings (SSSR count). The standard InChI is InChI=1S/C6H5ClN2O3/c1-12-4-2-3(6(10)11)5(7)9-8-4/h2H,1H3,(H,10,11). The predicted molar refractivity (Wildman–Crippen MR) is 40.6 cm³/mol. The van der Waals surface area contributed by atoms with Crippen molar-refractivity contribution in [1.82, 2.24) is 10.2 Å². The maximum Gasteiger partial charge on any atom is 0.339 e. The van der Waals surface area contributed by atoms with Crippen LogP contribution in [0.2, 0.25) is 5.15 Å². The van der Waals surface area contributed by atoms with Crippen molar-refractivity contribution in [2.45, 2.75) is 0 Å². The molecule has 0 atom stereocenters. The Hall–Kier alpha value is -1.36. The van der Waals surface area contributed by atoms with Gasteiger partial charge in [-0.15, -0.1) is 10.2 Å². The third kappa shape index (κ3) is 1.62. The second-order valence-corrected chi connectivity index (χ2v) is 2.25. The van der Waals surface area contributed by atoms with Crippen LogP contribution < -0.4 is 4.74 Å². The van der Waals surface area contributed by atoms with Gasteiger partial charge in [-0.05, 0) is 0 Å². The number of carboxylic acids is 1. The maximum atomic E-state index is 10.5. The fraction of sp³-hybridized carbons (Fsp3) is 0.167. The van der Waals surface area contributed by atoms with Crippen molar-refractivity contribution in [3.8, 4) is 5.88 Å². The zero-order chi connectivity index (χ0) is 9.14. The van der Waals surface area contributed by atoms with Gasteiger partial charge >= 0.3 is 5.97 Å². The first-order chi connectivity index (χ1) is 5.65. The van der Waals surface area contributed by atoms with Crippen LogP contribution in [0.3, 0.4) is 0 Å². The molecule has 1 N–H and O–H groups in total. The van der Waals surface area contributed by atoms with Crippen LogP contribution in [0.15, 0.2) is 6.07 Å². The van der Waals surface area contributed by atoms with E-state index in [1.807, 2.05) is 0 Å². The number of methoxy groups -OCH3 is 1. The molecule has 1 heterocycles. The highest BCUT2D eigenvalue weighted by atomic mass is 35.5. The fourth-order valence-corrected chi connectivity index (χ4v) is 0.782. The van der Waals surface area contributed by atoms with E-state index in [1.165, 1.54) is 13.2 Å². The molecule has 0 amide bonds. The zero-order valence-corrected chi connectivity index (χ0v) is 6.87. The van der Waals surface area contributed by atoms with Crippen molar-refractivity contribution < 1.29 is 14.6 Å². The van der Waals surface area contributed by atoms with E-state index in [9.17, 15) is 4.79 Å². The molecule has 0 radical (unpaired) electrons. The van der Waals surface area contributed by atoms with Crippen LogP contribution in [0.5, 0.6) is 5.88 Å². The lowest BCUT2D eigenvalue weighted by Crippen LogP contribution is -2.01. The van der Waals surface area contributed by atoms with Crippen molar-refractivity contribution >= 4 is 17.6 Å². The predicted octanol–water partition coefficient (Wildman–Crippen LogP) is 0.837. The molecule has 64 valence electrons. The molecule has 0 aliphatic heterocycles. The molecule has 0 aliphatic carbocycles. The van der Waals surface area contributed by atoms with Crippen LogP contribution in [-0.4, -0.2) is 28.4 Å². The van der Waals surface area contributed by atoms with E-state index in [0.717, 1.165) is 0 Å². The molecule has 6 heteroatoms. The lowest BCUT2D eigenvalue weighted by atomic mass is 10.3. The first-order valence-corrected chi connectivity index (χ1v) is 3.33. The minimum Gasteiger partial charge on any atom is -0.480 e. The summed E-state index contributed by atoms with van der Waals surface area (Å²) in [5, 5.41) is 15.3. The van der Waals surface area contributed by atoms with Gasteiger partial charge in [-0.1, -0.05) is 11.6 Å². The monoisotopic (exact) mass is 188 g/mol. The summed E-state index contributed by atoms with van der Waals surface area (Å²) < 4.78 is 4.66. The quantitative estimate of drug-likeness (QED) is 0.745. The van der Waals surface area contributed by atoms with Crippen LogP contribution in [-0.2, 0) is 0 Å². The Morgan fingerprint density at radius 2 is 2.33 bits per heavy atom. The Morgan fingerprint density at radius 1 is 1.67 bits per heavy atom. The van der Waals surface area contributed by atoms with Gasteiger partial charge in [0.25, 0.3) is 0 Å². The summed E-state index contributed by atoms with van der Waals surface area (Å²) in [5.41, 5.74) is -0.122. The highest BCUT2D eigenvalue weighted by Gasteiger charge is 2.11. The highest BCUT2D eigenvalue weighted by Crippen LogP contribution is 2.15. The molecule has 0 saturated carbocycles. The Morgan fingerprint density at radius 3 is 2.83 bits per heavy atom. The number of nitrogens with zero attached hydrogens (tertiary/aromatic N) is 2. The van der Waals surface area contributed by atoms with Gasteiger partial charge in [0.05, 0.1) is 7.11 Å². The number of carbonyl (C=O) groups is 1. The van der Waals surface area contributed by atoms with E-state index >= 15 is 0 Å². The van der Waals surface area contributed by atoms with Gasteiger partial charge in [-0.25, -0.2) is 4.79 Å². The van der Waals surface area contributed by atoms with E-state index in [0.29, 0.717) is 0 Å². The molecule has 0 fully saturated rings. The second-order valence-electron chi connectivity index (χ2n) is 1.90. The molecule has 5 nitrogen and oxygen atoms in total. The first-order valence-electron chi connectivity index (χ1n) is 2.95. The topological polar surface area (TPSA) is 72.3 Å². The van der Waals surface area contributed by atoms with Crippen molar-refractivity contribution in [2.75, 3.05) is 7.11 Å². The average Bonchev–Trinajstić information content (AvgIpc) is 2.05. The number of halogens is 1. The van der Waals surface area contributed by atoms with Gasteiger partial charge in [-0.2, -0.15) is 0 Å². The number of ether oxygens (including phenoxy) is 1. The maximum absolute atomic E-state index is 10.5. The van der Waals surface area contributed by atoms with E-state index in [1.54, 1.807) is 0 Å². The third-order valence-corrected chi connectivity index (χ3v) is 1.45. The molecular weight excluding hydrogens is 184 g/mol. The Kier molecular flexibility index (Phi) is 2.44. The summed E-state index contributed by atoms with van der Waals surface area (Å²) in [7, 11) is 1.36. The van der Waals surface area contributed by atoms with Gasteiger partial charge in [0.2, 0.25) is 5.88 Å². The van der Waals surface area contributed by atoms with Crippen molar-refractivity contribution in [2.24, 2.45) is 0 Å². The van der Waals surface area contributed by atoms with Crippen LogP contribution >= 0.6 is 11.6 Å². The van der Waals surface area contributed by atoms with E-state index in [2.05, 4.69) is 14.9 Å². The smallest absolute Gasteiger partial charge is 0.339 e. The number of rotatable bonds is 2. The lowest BCUT2D eigenvalue weighted by molar-refractivity contribution is 0.0696. The van der Waals surface area contributed by atoms with Crippen LogP contribution in [0.4, 0.5) is 0 Å². The molecule has 1 aromatic heterocycles. The van der Waals surface area contributed by atoms with Gasteiger partial charge in [0.1, 0.15) is 5.56 Å². The summed E-state index contributed by atoms with van der Waals surface area (Å²) in [6.07, 6.45) is 0. The van der Waals surface area contributed by atoms with E-state index in [-0.39, 0.29) is 16.6 Å². The summed E-state index contributed by atoms with van der Waals surface area (Å²) >= 11 is 5.44. The largest absolute Gasteiger partial charge is 0.480 e. The fourth-order valence-electron chi connectivity index (χ4n) is 0.609. The van der Waals surface area contributed by atoms with Gasteiger partial charge in [-0.3, -0.25) is 0 Å². The molecule has 0 aromatic carbocycles. The molecule has 1 aromatic rings. The number of aromatic carboxylic acids is 1. The summed E-state index contributed by atoms with van der Waals surface area (Å²) in [6.45, 7) is 0. The minimum atomic E-state index is -1.16. The minimum absolute atomic E-state index is 0.122. The van der Waals surface area contributed by atoms with Crippen LogP contribution in [0.1, 0.15) is 10.4 Å². The molecule has 0 saturated heterocycles. The zero-order valence-electron chi connectivity index (χ0n) is 6.11. The van der Waals surface area contributed by atoms with Gasteiger partial charge in [0.15, 0.2) is 5.15 Å². The Bertz CT molecular complexity index is 316. The summed E-state index contributed by atoms with van der Waals surface area (Å²) in [5.74, 6) is -1.04. The van der Waals surface area contributed by atoms with E-state index in [4.69, 9.17) is 16.7 Å². The molecule has 12 heavy (non-hydrogen) atoms. The SMILES string of the molecule is COc1cc(C(=O)O)c(Cl)nn1. The highest BCUT2D eigenvalue weighted by molar-refractivity contribution is 6.32. The van der Waals surface area contributed by atoms with E-state index < -0.39 is 5.97 Å². The van der Waals surface area contributed by atoms with Gasteiger partial charge in [0, 0.05) is 6.07 Å². The second kappa shape index (κ2) is 3.36. The third-order valence-electron chi connectivity index (χ3n) is 1.17.